The van der Waals surface area contributed by atoms with Gasteiger partial charge in [-0.15, -0.1) is 0 Å². The lowest BCUT2D eigenvalue weighted by atomic mass is 10.2. The average molecular weight is 120 g/mol. The van der Waals surface area contributed by atoms with E-state index in [9.17, 15) is 9.18 Å². The number of alkyl halides is 1. The van der Waals surface area contributed by atoms with Gasteiger partial charge in [0.2, 0.25) is 0 Å². The van der Waals surface area contributed by atoms with Crippen LogP contribution in [-0.2, 0) is 4.79 Å². The Hall–Kier alpha value is -0.600. The topological polar surface area (TPSA) is 37.3 Å². The molecule has 2 nitrogen and oxygen atoms in total. The van der Waals surface area contributed by atoms with Crippen LogP contribution in [0.2, 0.25) is 0 Å². The molecule has 0 fully saturated rings. The highest BCUT2D eigenvalue weighted by Crippen LogP contribution is 1.99. The normalized spacial score (nSPS) is 13.2. The van der Waals surface area contributed by atoms with Gasteiger partial charge in [-0.3, -0.25) is 0 Å². The van der Waals surface area contributed by atoms with Crippen LogP contribution in [0.5, 0.6) is 0 Å². The molecule has 0 amide bonds. The summed E-state index contributed by atoms with van der Waals surface area (Å²) in [5.41, 5.74) is 0. The molecule has 0 aliphatic carbocycles. The minimum absolute atomic E-state index is 0.120. The van der Waals surface area contributed by atoms with Crippen LogP contribution in [0.25, 0.3) is 0 Å². The number of hydrogen-bond acceptors (Lipinski definition) is 1. The lowest BCUT2D eigenvalue weighted by Crippen LogP contribution is -2.13. The quantitative estimate of drug-likeness (QED) is 0.607. The molecule has 0 spiro atoms. The highest BCUT2D eigenvalue weighted by Gasteiger charge is 2.12. The number of carbonyl (C=O) groups is 1. The van der Waals surface area contributed by atoms with E-state index in [1.807, 2.05) is 0 Å². The van der Waals surface area contributed by atoms with Crippen molar-refractivity contribution in [1.82, 2.24) is 0 Å². The predicted octanol–water partition coefficient (Wildman–Crippen LogP) is 1.21. The van der Waals surface area contributed by atoms with Crippen molar-refractivity contribution in [3.05, 3.63) is 0 Å². The van der Waals surface area contributed by atoms with Crippen LogP contribution in [0.15, 0.2) is 0 Å². The largest absolute Gasteiger partial charge is 0.479 e. The molecule has 1 N–H and O–H groups in total. The third-order valence-corrected chi connectivity index (χ3v) is 0.810. The van der Waals surface area contributed by atoms with Gasteiger partial charge in [0, 0.05) is 0 Å². The van der Waals surface area contributed by atoms with Crippen LogP contribution in [-0.4, -0.2) is 17.2 Å². The van der Waals surface area contributed by atoms with Crippen molar-refractivity contribution < 1.29 is 14.3 Å². The highest BCUT2D eigenvalue weighted by molar-refractivity contribution is 5.71. The van der Waals surface area contributed by atoms with Crippen LogP contribution in [0.4, 0.5) is 4.39 Å². The summed E-state index contributed by atoms with van der Waals surface area (Å²) in [6.07, 6.45) is -0.969. The molecule has 0 aliphatic rings. The fraction of sp³-hybridized carbons (Fsp3) is 0.800. The molecule has 0 bridgehead atoms. The summed E-state index contributed by atoms with van der Waals surface area (Å²) in [6.45, 7) is 1.75. The van der Waals surface area contributed by atoms with E-state index in [0.29, 0.717) is 6.42 Å². The molecule has 0 radical (unpaired) electrons. The molecular formula is C5H9FO2. The first kappa shape index (κ1) is 7.40. The van der Waals surface area contributed by atoms with Gasteiger partial charge < -0.3 is 5.11 Å². The average Bonchev–Trinajstić information content (AvgIpc) is 1.67. The van der Waals surface area contributed by atoms with Gasteiger partial charge in [0.1, 0.15) is 0 Å². The number of hydrogen-bond donors (Lipinski definition) is 1. The van der Waals surface area contributed by atoms with E-state index < -0.39 is 12.1 Å². The minimum atomic E-state index is -1.67. The van der Waals surface area contributed by atoms with Crippen LogP contribution >= 0.6 is 0 Å². The number of halogens is 1. The Morgan fingerprint density at radius 2 is 2.38 bits per heavy atom. The molecule has 0 aromatic heterocycles. The summed E-state index contributed by atoms with van der Waals surface area (Å²) in [5, 5.41) is 7.94. The SMILES string of the molecule is CCC[C@@H](F)C(=O)O. The van der Waals surface area contributed by atoms with E-state index in [-0.39, 0.29) is 6.42 Å². The van der Waals surface area contributed by atoms with Crippen molar-refractivity contribution in [3.63, 3.8) is 0 Å². The van der Waals surface area contributed by atoms with E-state index in [2.05, 4.69) is 0 Å². The zero-order valence-corrected chi connectivity index (χ0v) is 4.72. The van der Waals surface area contributed by atoms with Crippen LogP contribution in [0, 0.1) is 0 Å². The van der Waals surface area contributed by atoms with Gasteiger partial charge in [-0.1, -0.05) is 13.3 Å². The van der Waals surface area contributed by atoms with E-state index in [0.717, 1.165) is 0 Å². The van der Waals surface area contributed by atoms with Gasteiger partial charge >= 0.3 is 5.97 Å². The molecule has 0 saturated heterocycles. The number of carboxylic acid groups (broad SMARTS) is 1. The zero-order valence-electron chi connectivity index (χ0n) is 4.72. The lowest BCUT2D eigenvalue weighted by molar-refractivity contribution is -0.143. The summed E-state index contributed by atoms with van der Waals surface area (Å²) in [6, 6.07) is 0. The maximum absolute atomic E-state index is 11.9. The van der Waals surface area contributed by atoms with Crippen molar-refractivity contribution in [2.75, 3.05) is 0 Å². The summed E-state index contributed by atoms with van der Waals surface area (Å²) >= 11 is 0. The van der Waals surface area contributed by atoms with Crippen LogP contribution < -0.4 is 0 Å². The number of rotatable bonds is 3. The minimum Gasteiger partial charge on any atom is -0.479 e. The number of carboxylic acids is 1. The van der Waals surface area contributed by atoms with Crippen molar-refractivity contribution in [1.29, 1.82) is 0 Å². The van der Waals surface area contributed by atoms with Gasteiger partial charge in [-0.05, 0) is 6.42 Å². The second-order valence-electron chi connectivity index (χ2n) is 1.59. The van der Waals surface area contributed by atoms with Gasteiger partial charge in [0.05, 0.1) is 0 Å². The number of aliphatic carboxylic acids is 1. The predicted molar refractivity (Wildman–Crippen MR) is 27.4 cm³/mol. The molecule has 0 rings (SSSR count). The monoisotopic (exact) mass is 120 g/mol. The first-order valence-electron chi connectivity index (χ1n) is 2.55. The van der Waals surface area contributed by atoms with Crippen LogP contribution in [0.3, 0.4) is 0 Å². The Balaban J connectivity index is 3.32. The van der Waals surface area contributed by atoms with E-state index in [1.54, 1.807) is 6.92 Å². The summed E-state index contributed by atoms with van der Waals surface area (Å²) in [4.78, 5) is 9.71. The molecule has 8 heavy (non-hydrogen) atoms. The highest BCUT2D eigenvalue weighted by atomic mass is 19.1. The molecule has 0 aromatic carbocycles. The van der Waals surface area contributed by atoms with Crippen molar-refractivity contribution in [2.45, 2.75) is 25.9 Å². The second kappa shape index (κ2) is 3.41. The molecule has 0 aromatic rings. The smallest absolute Gasteiger partial charge is 0.338 e. The van der Waals surface area contributed by atoms with Gasteiger partial charge in [0.15, 0.2) is 6.17 Å². The third kappa shape index (κ3) is 2.55. The molecule has 48 valence electrons. The Morgan fingerprint density at radius 3 is 2.50 bits per heavy atom. The standard InChI is InChI=1S/C5H9FO2/c1-2-3-4(6)5(7)8/h4H,2-3H2,1H3,(H,7,8)/t4-/m1/s1. The maximum Gasteiger partial charge on any atom is 0.338 e. The lowest BCUT2D eigenvalue weighted by Gasteiger charge is -1.96. The van der Waals surface area contributed by atoms with E-state index in [4.69, 9.17) is 5.11 Å². The molecule has 0 unspecified atom stereocenters. The zero-order chi connectivity index (χ0) is 6.57. The molecule has 1 atom stereocenters. The third-order valence-electron chi connectivity index (χ3n) is 0.810. The van der Waals surface area contributed by atoms with Gasteiger partial charge in [-0.2, -0.15) is 0 Å². The Morgan fingerprint density at radius 1 is 1.88 bits per heavy atom. The first-order valence-corrected chi connectivity index (χ1v) is 2.55. The summed E-state index contributed by atoms with van der Waals surface area (Å²) in [7, 11) is 0. The first-order chi connectivity index (χ1) is 3.68. The van der Waals surface area contributed by atoms with Gasteiger partial charge in [-0.25, -0.2) is 9.18 Å². The molecule has 0 saturated carbocycles. The van der Waals surface area contributed by atoms with Gasteiger partial charge in [0.25, 0.3) is 0 Å². The van der Waals surface area contributed by atoms with Crippen molar-refractivity contribution in [3.8, 4) is 0 Å². The Kier molecular flexibility index (Phi) is 3.15. The molecule has 3 heteroatoms. The Bertz CT molecular complexity index is 82.5. The van der Waals surface area contributed by atoms with Crippen LogP contribution in [0.1, 0.15) is 19.8 Å². The van der Waals surface area contributed by atoms with Crippen molar-refractivity contribution in [2.24, 2.45) is 0 Å². The molecular weight excluding hydrogens is 111 g/mol. The Labute approximate surface area is 47.3 Å². The maximum atomic E-state index is 11.9. The fourth-order valence-electron chi connectivity index (χ4n) is 0.377. The molecule has 0 heterocycles. The second-order valence-corrected chi connectivity index (χ2v) is 1.59. The van der Waals surface area contributed by atoms with E-state index in [1.165, 1.54) is 0 Å². The van der Waals surface area contributed by atoms with Crippen molar-refractivity contribution >= 4 is 5.97 Å². The molecule has 0 aliphatic heterocycles. The summed E-state index contributed by atoms with van der Waals surface area (Å²) < 4.78 is 11.9. The fourth-order valence-corrected chi connectivity index (χ4v) is 0.377. The van der Waals surface area contributed by atoms with E-state index >= 15 is 0 Å². The summed E-state index contributed by atoms with van der Waals surface area (Å²) in [5.74, 6) is -1.35.